The van der Waals surface area contributed by atoms with Crippen LogP contribution in [0.1, 0.15) is 24.0 Å². The van der Waals surface area contributed by atoms with Gasteiger partial charge in [0.2, 0.25) is 10.0 Å². The topological polar surface area (TPSA) is 73.8 Å². The van der Waals surface area contributed by atoms with Crippen molar-refractivity contribution in [3.8, 4) is 0 Å². The first-order chi connectivity index (χ1) is 13.1. The highest BCUT2D eigenvalue weighted by Gasteiger charge is 2.26. The van der Waals surface area contributed by atoms with E-state index in [9.17, 15) is 8.42 Å². The Labute approximate surface area is 172 Å². The Hall–Kier alpha value is -2.09. The largest absolute Gasteiger partial charge is 0.354 e. The van der Waals surface area contributed by atoms with Gasteiger partial charge in [-0.3, -0.25) is 4.99 Å². The summed E-state index contributed by atoms with van der Waals surface area (Å²) < 4.78 is 26.8. The Morgan fingerprint density at radius 1 is 0.964 bits per heavy atom. The monoisotopic (exact) mass is 420 g/mol. The number of hydrogen-bond acceptors (Lipinski definition) is 5. The third kappa shape index (κ3) is 4.66. The summed E-state index contributed by atoms with van der Waals surface area (Å²) in [5, 5.41) is 6.43. The fraction of sp³-hybridized carbons (Fsp3) is 0.350. The van der Waals surface area contributed by atoms with E-state index >= 15 is 0 Å². The molecule has 2 aliphatic heterocycles. The van der Waals surface area contributed by atoms with Crippen LogP contribution in [0.2, 0.25) is 0 Å². The van der Waals surface area contributed by atoms with Crippen molar-refractivity contribution in [2.75, 3.05) is 31.5 Å². The van der Waals surface area contributed by atoms with Gasteiger partial charge >= 0.3 is 0 Å². The molecule has 0 aromatic heterocycles. The Bertz CT molecular complexity index is 922. The van der Waals surface area contributed by atoms with Crippen LogP contribution in [0.3, 0.4) is 0 Å². The highest BCUT2D eigenvalue weighted by Crippen LogP contribution is 2.22. The molecule has 0 amide bonds. The number of guanidine groups is 1. The first-order valence-corrected chi connectivity index (χ1v) is 10.8. The highest BCUT2D eigenvalue weighted by molar-refractivity contribution is 7.89. The van der Waals surface area contributed by atoms with Crippen LogP contribution in [-0.4, -0.2) is 44.9 Å². The highest BCUT2D eigenvalue weighted by atomic mass is 35.5. The molecule has 150 valence electrons. The maximum Gasteiger partial charge on any atom is 0.243 e. The van der Waals surface area contributed by atoms with Gasteiger partial charge in [0, 0.05) is 25.3 Å². The number of halogens is 1. The second-order valence-electron chi connectivity index (χ2n) is 6.91. The number of benzene rings is 2. The van der Waals surface area contributed by atoms with Gasteiger partial charge in [0.1, 0.15) is 0 Å². The van der Waals surface area contributed by atoms with E-state index in [1.165, 1.54) is 5.56 Å². The van der Waals surface area contributed by atoms with E-state index in [-0.39, 0.29) is 12.4 Å². The smallest absolute Gasteiger partial charge is 0.243 e. The molecule has 2 heterocycles. The molecule has 0 unspecified atom stereocenters. The molecule has 1 saturated heterocycles. The zero-order valence-electron chi connectivity index (χ0n) is 15.6. The first-order valence-electron chi connectivity index (χ1n) is 9.35. The fourth-order valence-corrected chi connectivity index (χ4v) is 4.93. The average molecular weight is 421 g/mol. The van der Waals surface area contributed by atoms with Gasteiger partial charge < -0.3 is 10.6 Å². The summed E-state index contributed by atoms with van der Waals surface area (Å²) in [6.07, 6.45) is 2.67. The summed E-state index contributed by atoms with van der Waals surface area (Å²) in [5.74, 6) is 0.817. The van der Waals surface area contributed by atoms with Crippen molar-refractivity contribution < 1.29 is 8.42 Å². The lowest BCUT2D eigenvalue weighted by molar-refractivity contribution is 0.477. The lowest BCUT2D eigenvalue weighted by Crippen LogP contribution is -2.27. The van der Waals surface area contributed by atoms with Gasteiger partial charge in [-0.1, -0.05) is 24.3 Å². The molecule has 8 heteroatoms. The van der Waals surface area contributed by atoms with Crippen molar-refractivity contribution in [1.82, 2.24) is 9.62 Å². The van der Waals surface area contributed by atoms with E-state index < -0.39 is 10.0 Å². The minimum absolute atomic E-state index is 0. The maximum atomic E-state index is 12.6. The summed E-state index contributed by atoms with van der Waals surface area (Å²) in [7, 11) is -3.34. The molecule has 6 nitrogen and oxygen atoms in total. The van der Waals surface area contributed by atoms with E-state index in [1.54, 1.807) is 16.4 Å². The Balaban J connectivity index is 0.00000225. The molecule has 2 aromatic carbocycles. The molecule has 2 aliphatic rings. The summed E-state index contributed by atoms with van der Waals surface area (Å²) in [4.78, 5) is 4.71. The number of nitrogens with zero attached hydrogens (tertiary/aromatic N) is 2. The summed E-state index contributed by atoms with van der Waals surface area (Å²) in [6.45, 7) is 2.95. The predicted octanol–water partition coefficient (Wildman–Crippen LogP) is 2.85. The third-order valence-electron chi connectivity index (χ3n) is 4.93. The van der Waals surface area contributed by atoms with Crippen molar-refractivity contribution in [3.63, 3.8) is 0 Å². The minimum Gasteiger partial charge on any atom is -0.354 e. The van der Waals surface area contributed by atoms with Crippen molar-refractivity contribution in [2.24, 2.45) is 4.99 Å². The lowest BCUT2D eigenvalue weighted by atomic mass is 10.0. The van der Waals surface area contributed by atoms with E-state index in [2.05, 4.69) is 27.8 Å². The Kier molecular flexibility index (Phi) is 6.59. The number of aliphatic imine (C=N–C) groups is 1. The Morgan fingerprint density at radius 2 is 1.57 bits per heavy atom. The number of nitrogens with one attached hydrogen (secondary N) is 2. The molecule has 2 aromatic rings. The normalized spacial score (nSPS) is 16.9. The summed E-state index contributed by atoms with van der Waals surface area (Å²) in [6, 6.07) is 15.5. The molecule has 4 rings (SSSR count). The van der Waals surface area contributed by atoms with Crippen molar-refractivity contribution in [2.45, 2.75) is 24.2 Å². The van der Waals surface area contributed by atoms with Crippen LogP contribution in [0.25, 0.3) is 0 Å². The second kappa shape index (κ2) is 8.94. The van der Waals surface area contributed by atoms with Crippen molar-refractivity contribution >= 4 is 34.1 Å². The molecular formula is C20H25ClN4O2S. The minimum atomic E-state index is -3.34. The Morgan fingerprint density at radius 3 is 2.14 bits per heavy atom. The molecule has 1 fully saturated rings. The summed E-state index contributed by atoms with van der Waals surface area (Å²) in [5.41, 5.74) is 3.27. The molecule has 2 N–H and O–H groups in total. The van der Waals surface area contributed by atoms with E-state index in [0.717, 1.165) is 49.6 Å². The number of rotatable bonds is 5. The van der Waals surface area contributed by atoms with Gasteiger partial charge in [-0.2, -0.15) is 4.31 Å². The lowest BCUT2D eigenvalue weighted by Gasteiger charge is -2.15. The zero-order valence-corrected chi connectivity index (χ0v) is 17.2. The molecular weight excluding hydrogens is 396 g/mol. The van der Waals surface area contributed by atoms with Gasteiger partial charge in [0.15, 0.2) is 5.96 Å². The van der Waals surface area contributed by atoms with Gasteiger partial charge in [-0.25, -0.2) is 8.42 Å². The van der Waals surface area contributed by atoms with Crippen LogP contribution >= 0.6 is 12.4 Å². The van der Waals surface area contributed by atoms with Gasteiger partial charge in [0.25, 0.3) is 0 Å². The molecule has 28 heavy (non-hydrogen) atoms. The van der Waals surface area contributed by atoms with Gasteiger partial charge in [0.05, 0.1) is 11.4 Å². The quantitative estimate of drug-likeness (QED) is 0.780. The van der Waals surface area contributed by atoms with Crippen LogP contribution in [0.5, 0.6) is 0 Å². The van der Waals surface area contributed by atoms with Crippen molar-refractivity contribution in [1.29, 1.82) is 0 Å². The van der Waals surface area contributed by atoms with Gasteiger partial charge in [-0.15, -0.1) is 12.4 Å². The van der Waals surface area contributed by atoms with E-state index in [0.29, 0.717) is 18.0 Å². The SMILES string of the molecule is Cl.O=S(=O)(c1ccc(Cc2ccc(NC3=NCCN3)cc2)cc1)N1CCCC1. The van der Waals surface area contributed by atoms with Crippen LogP contribution < -0.4 is 10.6 Å². The van der Waals surface area contributed by atoms with Crippen LogP contribution in [-0.2, 0) is 16.4 Å². The predicted molar refractivity (Wildman–Crippen MR) is 115 cm³/mol. The van der Waals surface area contributed by atoms with Crippen LogP contribution in [0.4, 0.5) is 5.69 Å². The molecule has 0 atom stereocenters. The first kappa shape index (κ1) is 20.6. The third-order valence-corrected chi connectivity index (χ3v) is 6.84. The van der Waals surface area contributed by atoms with E-state index in [1.807, 2.05) is 24.3 Å². The molecule has 0 saturated carbocycles. The standard InChI is InChI=1S/C20H24N4O2S.ClH/c25-27(26,24-13-1-2-14-24)19-9-5-17(6-10-19)15-16-3-7-18(8-4-16)23-20-21-11-12-22-20;/h3-10H,1-2,11-15H2,(H2,21,22,23);1H. The fourth-order valence-electron chi connectivity index (χ4n) is 3.42. The zero-order chi connectivity index (χ0) is 18.7. The van der Waals surface area contributed by atoms with Crippen molar-refractivity contribution in [3.05, 3.63) is 59.7 Å². The number of anilines is 1. The number of sulfonamides is 1. The molecule has 0 spiro atoms. The van der Waals surface area contributed by atoms with E-state index in [4.69, 9.17) is 0 Å². The average Bonchev–Trinajstić information content (AvgIpc) is 3.38. The molecule has 0 bridgehead atoms. The molecule has 0 aliphatic carbocycles. The van der Waals surface area contributed by atoms with Gasteiger partial charge in [-0.05, 0) is 54.7 Å². The summed E-state index contributed by atoms with van der Waals surface area (Å²) >= 11 is 0. The van der Waals surface area contributed by atoms with Crippen LogP contribution in [0.15, 0.2) is 58.4 Å². The maximum absolute atomic E-state index is 12.6. The number of hydrogen-bond donors (Lipinski definition) is 2. The second-order valence-corrected chi connectivity index (χ2v) is 8.85. The molecule has 0 radical (unpaired) electrons. The van der Waals surface area contributed by atoms with Crippen LogP contribution in [0, 0.1) is 0 Å².